The molecule has 1 heterocycles. The largest absolute Gasteiger partial charge is 1.00 e. The third-order valence-corrected chi connectivity index (χ3v) is 13.7. The molecule has 30 nitrogen and oxygen atoms in total. The Morgan fingerprint density at radius 1 is 0.427 bits per heavy atom. The number of aromatic hydroxyl groups is 7. The van der Waals surface area contributed by atoms with Gasteiger partial charge in [-0.15, -0.1) is 0 Å². The summed E-state index contributed by atoms with van der Waals surface area (Å²) in [5.74, 6) is 1.87. The topological polar surface area (TPSA) is 433 Å². The zero-order valence-electron chi connectivity index (χ0n) is 63.0. The molecule has 0 amide bonds. The normalized spacial score (nSPS) is 10.8. The summed E-state index contributed by atoms with van der Waals surface area (Å²) in [5, 5.41) is 73.3. The summed E-state index contributed by atoms with van der Waals surface area (Å²) in [5.41, 5.74) is 2.81. The quantitative estimate of drug-likeness (QED) is 0.00624. The molecule has 8 aromatic rings. The zero-order chi connectivity index (χ0) is 81.1. The van der Waals surface area contributed by atoms with Crippen LogP contribution >= 0.6 is 23.2 Å². The van der Waals surface area contributed by atoms with Crippen LogP contribution < -0.4 is 94.0 Å². The molecular weight excluding hydrogens is 1510 g/mol. The number of rotatable bonds is 26. The van der Waals surface area contributed by atoms with Crippen molar-refractivity contribution in [1.82, 2.24) is 0 Å². The minimum Gasteiger partial charge on any atom is -0.870 e. The number of ketones is 4. The molecule has 8 aromatic carbocycles. The summed E-state index contributed by atoms with van der Waals surface area (Å²) in [6.07, 6.45) is 3.97. The Kier molecular flexibility index (Phi) is 55.0. The van der Waals surface area contributed by atoms with E-state index < -0.39 is 11.9 Å². The first kappa shape index (κ1) is 102. The van der Waals surface area contributed by atoms with Crippen LogP contribution in [0.4, 0.5) is 0 Å². The van der Waals surface area contributed by atoms with Gasteiger partial charge in [0, 0.05) is 60.9 Å². The van der Waals surface area contributed by atoms with Gasteiger partial charge in [-0.3, -0.25) is 28.8 Å². The number of carbonyl (C=O) groups excluding carboxylic acids is 6. The standard InChI is InChI=1S/C20H22O7.C16H14O5.2C10H12O4.2C8H8O3.2C2H5ClO.CH4O.K.H2O/c1-23-12-26-18-6-4-5-15(21)20(18)16(22)9-7-14-8-10-17(25-3)19(11-14)27-13-24-2;1-20-13-6-5-9(7-11(13)18)15-8-12(19)16-10(17)3-2-4-14(16)21-15;1-12-7-14-10-5-8(6-11)3-4-9(10)13-2;1-7(11)10-8(12)4-3-5-9(10)14-6-13-2;1-11-8-3-2-6(5-9)4-7(8)10;1-5(9)8-6(10)3-2-4-7(8)11;2*1-4-2-3;1-2;;/h4-11,21H,12-13H2,1-3H3;2-7,15,17-18H,8H2,1H3;3-6H,7H2,1-2H3;3-5,12H,6H2,1-2H3;2-5,10H,1H3;2-4,10-11H,1H3;2*2H2,1H3;2H,1H3;;1H2/q;;;;;;;;;+1;/p-1/b9-7+;;;;;;;;;;. The van der Waals surface area contributed by atoms with Gasteiger partial charge in [-0.1, -0.05) is 65.7 Å². The molecule has 0 bridgehead atoms. The average molecular weight is 1610 g/mol. The number of fused-ring (bicyclic) bond motifs is 1. The molecule has 0 aromatic heterocycles. The first-order valence-electron chi connectivity index (χ1n) is 31.3. The van der Waals surface area contributed by atoms with Gasteiger partial charge in [-0.2, -0.15) is 0 Å². The van der Waals surface area contributed by atoms with Crippen LogP contribution in [0, 0.1) is 0 Å². The van der Waals surface area contributed by atoms with Crippen LogP contribution in [0.1, 0.15) is 99.6 Å². The van der Waals surface area contributed by atoms with Crippen molar-refractivity contribution >= 4 is 65.0 Å². The van der Waals surface area contributed by atoms with Gasteiger partial charge in [0.1, 0.15) is 99.1 Å². The molecule has 9 N–H and O–H groups in total. The molecule has 9 rings (SSSR count). The Morgan fingerprint density at radius 3 is 1.18 bits per heavy atom. The van der Waals surface area contributed by atoms with Crippen molar-refractivity contribution in [2.45, 2.75) is 26.4 Å². The second-order valence-corrected chi connectivity index (χ2v) is 21.0. The van der Waals surface area contributed by atoms with E-state index in [1.54, 1.807) is 117 Å². The van der Waals surface area contributed by atoms with Crippen LogP contribution in [-0.4, -0.2) is 200 Å². The number of alkyl halides is 2. The summed E-state index contributed by atoms with van der Waals surface area (Å²) in [6, 6.07) is 38.2. The molecule has 110 heavy (non-hydrogen) atoms. The number of carbonyl (C=O) groups is 6. The van der Waals surface area contributed by atoms with Crippen LogP contribution in [0.5, 0.6) is 92.0 Å². The number of aliphatic hydroxyl groups is 1. The molecular formula is C77H91Cl2KO30. The molecule has 1 aliphatic heterocycles. The Labute approximate surface area is 689 Å². The number of Topliss-reactive ketones (excluding diaryl/α,β-unsaturated/α-hetero) is 3. The number of halogens is 2. The number of methoxy groups -OCH3 is 10. The zero-order valence-corrected chi connectivity index (χ0v) is 67.7. The number of aliphatic hydroxyl groups excluding tert-OH is 1. The summed E-state index contributed by atoms with van der Waals surface area (Å²) >= 11 is 9.93. The van der Waals surface area contributed by atoms with Gasteiger partial charge < -0.3 is 117 Å². The summed E-state index contributed by atoms with van der Waals surface area (Å²) in [7, 11) is 16.1. The second-order valence-electron chi connectivity index (χ2n) is 20.6. The average Bonchev–Trinajstić information content (AvgIpc) is 0.789. The fourth-order valence-corrected chi connectivity index (χ4v) is 8.54. The summed E-state index contributed by atoms with van der Waals surface area (Å²) < 4.78 is 74.8. The third-order valence-electron chi connectivity index (χ3n) is 13.3. The third kappa shape index (κ3) is 35.7. The fourth-order valence-electron chi connectivity index (χ4n) is 8.54. The van der Waals surface area contributed by atoms with Crippen molar-refractivity contribution in [3.63, 3.8) is 0 Å². The minimum absolute atomic E-state index is 0. The number of phenolic OH excluding ortho intramolecular Hbond substituents is 7. The fraction of sp³-hybridized carbons (Fsp3) is 0.273. The Bertz CT molecular complexity index is 4050. The molecule has 0 fully saturated rings. The number of phenols is 7. The van der Waals surface area contributed by atoms with Crippen molar-refractivity contribution in [3.05, 3.63) is 196 Å². The Balaban J connectivity index is 0. The van der Waals surface area contributed by atoms with Gasteiger partial charge in [0.2, 0.25) is 0 Å². The van der Waals surface area contributed by atoms with E-state index in [1.165, 1.54) is 125 Å². The van der Waals surface area contributed by atoms with E-state index in [1.807, 2.05) is 0 Å². The maximum absolute atomic E-state index is 12.6. The number of hydrogen-bond donors (Lipinski definition) is 8. The number of aldehydes is 2. The van der Waals surface area contributed by atoms with Crippen molar-refractivity contribution in [1.29, 1.82) is 0 Å². The van der Waals surface area contributed by atoms with Crippen LogP contribution in [0.25, 0.3) is 6.08 Å². The van der Waals surface area contributed by atoms with Gasteiger partial charge >= 0.3 is 51.4 Å². The second kappa shape index (κ2) is 59.1. The van der Waals surface area contributed by atoms with E-state index in [2.05, 4.69) is 9.47 Å². The monoisotopic (exact) mass is 1600 g/mol. The summed E-state index contributed by atoms with van der Waals surface area (Å²) in [4.78, 5) is 67.4. The van der Waals surface area contributed by atoms with Gasteiger partial charge in [0.25, 0.3) is 0 Å². The van der Waals surface area contributed by atoms with E-state index in [0.717, 1.165) is 13.4 Å². The SMILES string of the molecule is CC(=O)c1c(O)cccc1O.CO.COCCl.COCCl.COCOc1cc(/C=C/C(=O)c2c(O)cccc2OCOC)ccc1OC.COCOc1cc(C=O)ccc1OC.COCOc1cccc(O)c1C(C)=O.COc1ccc(C2CC(=O)c3c(O)cccc3O2)cc1O.COc1ccc(C=O)cc1O.[K+].[OH-]. The first-order valence-corrected chi connectivity index (χ1v) is 32.4. The van der Waals surface area contributed by atoms with Crippen molar-refractivity contribution in [3.8, 4) is 92.0 Å². The van der Waals surface area contributed by atoms with Gasteiger partial charge in [-0.25, -0.2) is 0 Å². The smallest absolute Gasteiger partial charge is 0.870 e. The molecule has 0 aliphatic carbocycles. The molecule has 0 spiro atoms. The van der Waals surface area contributed by atoms with Gasteiger partial charge in [0.05, 0.1) is 34.9 Å². The molecule has 1 unspecified atom stereocenters. The van der Waals surface area contributed by atoms with Gasteiger partial charge in [0.15, 0.2) is 96.3 Å². The number of benzene rings is 8. The van der Waals surface area contributed by atoms with Crippen LogP contribution in [0.2, 0.25) is 0 Å². The predicted octanol–water partition coefficient (Wildman–Crippen LogP) is 9.75. The van der Waals surface area contributed by atoms with Crippen molar-refractivity contribution in [2.24, 2.45) is 0 Å². The maximum atomic E-state index is 12.6. The van der Waals surface area contributed by atoms with Crippen molar-refractivity contribution in [2.75, 3.05) is 118 Å². The van der Waals surface area contributed by atoms with Crippen LogP contribution in [0.15, 0.2) is 152 Å². The summed E-state index contributed by atoms with van der Waals surface area (Å²) in [6.45, 7) is 2.86. The van der Waals surface area contributed by atoms with Crippen LogP contribution in [0.3, 0.4) is 0 Å². The van der Waals surface area contributed by atoms with E-state index in [0.29, 0.717) is 86.7 Å². The predicted molar refractivity (Wildman–Crippen MR) is 401 cm³/mol. The van der Waals surface area contributed by atoms with E-state index in [-0.39, 0.29) is 176 Å². The Hall–Kier alpha value is -9.78. The maximum Gasteiger partial charge on any atom is 1.00 e. The minimum atomic E-state index is -0.497. The molecule has 33 heteroatoms. The molecule has 594 valence electrons. The van der Waals surface area contributed by atoms with E-state index in [4.69, 9.17) is 105 Å². The first-order chi connectivity index (χ1) is 51.9. The molecule has 1 aliphatic rings. The number of allylic oxidation sites excluding steroid dienone is 1. The van der Waals surface area contributed by atoms with E-state index in [9.17, 15) is 49.2 Å². The van der Waals surface area contributed by atoms with Gasteiger partial charge in [-0.05, 0) is 140 Å². The number of ether oxygens (including phenoxy) is 15. The molecule has 1 atom stereocenters. The van der Waals surface area contributed by atoms with Crippen LogP contribution in [-0.2, 0) is 28.4 Å². The molecule has 0 saturated heterocycles. The molecule has 0 radical (unpaired) electrons. The molecule has 0 saturated carbocycles. The van der Waals surface area contributed by atoms with E-state index >= 15 is 0 Å². The number of hydrogen-bond acceptors (Lipinski definition) is 30. The van der Waals surface area contributed by atoms with Crippen molar-refractivity contribution < 1.29 is 198 Å². The Morgan fingerprint density at radius 2 is 0.782 bits per heavy atom.